The molecule has 0 aromatic heterocycles. The van der Waals surface area contributed by atoms with Gasteiger partial charge in [-0.3, -0.25) is 4.79 Å². The molecule has 0 saturated carbocycles. The van der Waals surface area contributed by atoms with Crippen molar-refractivity contribution >= 4 is 23.5 Å². The van der Waals surface area contributed by atoms with E-state index in [4.69, 9.17) is 10.9 Å². The predicted octanol–water partition coefficient (Wildman–Crippen LogP) is 0.874. The van der Waals surface area contributed by atoms with Crippen LogP contribution in [0.15, 0.2) is 29.4 Å². The van der Waals surface area contributed by atoms with Gasteiger partial charge in [-0.2, -0.15) is 11.8 Å². The molecule has 0 fully saturated rings. The Kier molecular flexibility index (Phi) is 5.35. The maximum atomic E-state index is 11.7. The van der Waals surface area contributed by atoms with Crippen LogP contribution in [0, 0.1) is 0 Å². The third-order valence-electron chi connectivity index (χ3n) is 2.12. The summed E-state index contributed by atoms with van der Waals surface area (Å²) in [6.07, 6.45) is 1.98. The van der Waals surface area contributed by atoms with Crippen molar-refractivity contribution in [2.24, 2.45) is 10.9 Å². The standard InChI is InChI=1S/C11H15N3O2S/c1-17-6-5-13-11(15)9-4-2-3-8(7-9)10(12)14-16/h2-4,7,16H,5-6H2,1H3,(H2,12,14)(H,13,15). The highest BCUT2D eigenvalue weighted by Gasteiger charge is 2.07. The number of hydrogen-bond donors (Lipinski definition) is 3. The highest BCUT2D eigenvalue weighted by Crippen LogP contribution is 2.05. The fourth-order valence-electron chi connectivity index (χ4n) is 1.25. The fourth-order valence-corrected chi connectivity index (χ4v) is 1.55. The Morgan fingerprint density at radius 1 is 1.53 bits per heavy atom. The van der Waals surface area contributed by atoms with Crippen molar-refractivity contribution in [3.05, 3.63) is 35.4 Å². The molecule has 5 nitrogen and oxygen atoms in total. The number of nitrogens with one attached hydrogen (secondary N) is 1. The molecule has 0 aliphatic carbocycles. The number of amides is 1. The molecule has 0 spiro atoms. The van der Waals surface area contributed by atoms with Gasteiger partial charge in [0, 0.05) is 23.4 Å². The van der Waals surface area contributed by atoms with Crippen LogP contribution in [0.1, 0.15) is 15.9 Å². The molecule has 0 radical (unpaired) electrons. The highest BCUT2D eigenvalue weighted by atomic mass is 32.2. The minimum atomic E-state index is -0.161. The normalized spacial score (nSPS) is 11.2. The van der Waals surface area contributed by atoms with E-state index in [1.54, 1.807) is 36.0 Å². The van der Waals surface area contributed by atoms with Crippen LogP contribution in [0.4, 0.5) is 0 Å². The lowest BCUT2D eigenvalue weighted by atomic mass is 10.1. The highest BCUT2D eigenvalue weighted by molar-refractivity contribution is 7.98. The molecule has 1 rings (SSSR count). The lowest BCUT2D eigenvalue weighted by molar-refractivity contribution is 0.0956. The lowest BCUT2D eigenvalue weighted by Gasteiger charge is -2.05. The second kappa shape index (κ2) is 6.80. The molecule has 17 heavy (non-hydrogen) atoms. The van der Waals surface area contributed by atoms with Gasteiger partial charge in [-0.15, -0.1) is 0 Å². The van der Waals surface area contributed by atoms with Gasteiger partial charge in [0.2, 0.25) is 0 Å². The van der Waals surface area contributed by atoms with E-state index in [1.807, 2.05) is 6.26 Å². The minimum Gasteiger partial charge on any atom is -0.409 e. The molecule has 0 heterocycles. The summed E-state index contributed by atoms with van der Waals surface area (Å²) in [5, 5.41) is 14.2. The molecular weight excluding hydrogens is 238 g/mol. The number of thioether (sulfide) groups is 1. The van der Waals surface area contributed by atoms with Gasteiger partial charge < -0.3 is 16.3 Å². The Hall–Kier alpha value is -1.69. The van der Waals surface area contributed by atoms with Crippen LogP contribution in [0.25, 0.3) is 0 Å². The Morgan fingerprint density at radius 2 is 2.24 bits per heavy atom. The van der Waals surface area contributed by atoms with Crippen molar-refractivity contribution < 1.29 is 10.0 Å². The summed E-state index contributed by atoms with van der Waals surface area (Å²) in [6.45, 7) is 0.619. The van der Waals surface area contributed by atoms with E-state index in [0.29, 0.717) is 17.7 Å². The number of benzene rings is 1. The predicted molar refractivity (Wildman–Crippen MR) is 69.7 cm³/mol. The lowest BCUT2D eigenvalue weighted by Crippen LogP contribution is -2.26. The van der Waals surface area contributed by atoms with Crippen molar-refractivity contribution in [2.75, 3.05) is 18.6 Å². The molecule has 1 aromatic carbocycles. The van der Waals surface area contributed by atoms with Crippen LogP contribution in [-0.2, 0) is 0 Å². The summed E-state index contributed by atoms with van der Waals surface area (Å²) in [5.41, 5.74) is 6.46. The number of nitrogens with zero attached hydrogens (tertiary/aromatic N) is 1. The molecule has 92 valence electrons. The average molecular weight is 253 g/mol. The zero-order chi connectivity index (χ0) is 12.7. The van der Waals surface area contributed by atoms with Crippen molar-refractivity contribution in [2.45, 2.75) is 0 Å². The summed E-state index contributed by atoms with van der Waals surface area (Å²) < 4.78 is 0. The SMILES string of the molecule is CSCCNC(=O)c1cccc(C(N)=NO)c1. The zero-order valence-corrected chi connectivity index (χ0v) is 10.3. The zero-order valence-electron chi connectivity index (χ0n) is 9.51. The molecule has 0 atom stereocenters. The van der Waals surface area contributed by atoms with E-state index in [2.05, 4.69) is 10.5 Å². The van der Waals surface area contributed by atoms with Gasteiger partial charge in [0.05, 0.1) is 0 Å². The van der Waals surface area contributed by atoms with Crippen LogP contribution in [0.5, 0.6) is 0 Å². The average Bonchev–Trinajstić information content (AvgIpc) is 2.38. The molecule has 6 heteroatoms. The maximum absolute atomic E-state index is 11.7. The summed E-state index contributed by atoms with van der Waals surface area (Å²) in [6, 6.07) is 6.64. The topological polar surface area (TPSA) is 87.7 Å². The number of carbonyl (C=O) groups excluding carboxylic acids is 1. The van der Waals surface area contributed by atoms with E-state index in [9.17, 15) is 4.79 Å². The Morgan fingerprint density at radius 3 is 2.88 bits per heavy atom. The van der Waals surface area contributed by atoms with Gasteiger partial charge in [-0.25, -0.2) is 0 Å². The van der Waals surface area contributed by atoms with E-state index in [0.717, 1.165) is 5.75 Å². The quantitative estimate of drug-likeness (QED) is 0.239. The molecule has 0 aliphatic heterocycles. The molecule has 0 bridgehead atoms. The second-order valence-corrected chi connectivity index (χ2v) is 4.30. The number of amidine groups is 1. The molecule has 0 aliphatic rings. The Bertz CT molecular complexity index is 421. The van der Waals surface area contributed by atoms with E-state index in [1.165, 1.54) is 0 Å². The van der Waals surface area contributed by atoms with Crippen molar-refractivity contribution in [3.63, 3.8) is 0 Å². The van der Waals surface area contributed by atoms with Gasteiger partial charge in [-0.05, 0) is 18.4 Å². The van der Waals surface area contributed by atoms with E-state index in [-0.39, 0.29) is 11.7 Å². The fraction of sp³-hybridized carbons (Fsp3) is 0.273. The summed E-state index contributed by atoms with van der Waals surface area (Å²) in [7, 11) is 0. The van der Waals surface area contributed by atoms with Crippen LogP contribution in [-0.4, -0.2) is 35.5 Å². The molecular formula is C11H15N3O2S. The largest absolute Gasteiger partial charge is 0.409 e. The first-order valence-electron chi connectivity index (χ1n) is 5.04. The number of rotatable bonds is 5. The van der Waals surface area contributed by atoms with E-state index < -0.39 is 0 Å². The van der Waals surface area contributed by atoms with Crippen LogP contribution < -0.4 is 11.1 Å². The smallest absolute Gasteiger partial charge is 0.251 e. The van der Waals surface area contributed by atoms with Gasteiger partial charge >= 0.3 is 0 Å². The van der Waals surface area contributed by atoms with Gasteiger partial charge in [-0.1, -0.05) is 17.3 Å². The summed E-state index contributed by atoms with van der Waals surface area (Å²) >= 11 is 1.66. The first-order valence-corrected chi connectivity index (χ1v) is 6.43. The number of hydrogen-bond acceptors (Lipinski definition) is 4. The number of nitrogens with two attached hydrogens (primary N) is 1. The number of carbonyl (C=O) groups is 1. The third kappa shape index (κ3) is 3.99. The maximum Gasteiger partial charge on any atom is 0.251 e. The third-order valence-corrected chi connectivity index (χ3v) is 2.73. The summed E-state index contributed by atoms with van der Waals surface area (Å²) in [5.74, 6) is 0.696. The van der Waals surface area contributed by atoms with Crippen LogP contribution in [0.3, 0.4) is 0 Å². The van der Waals surface area contributed by atoms with Crippen molar-refractivity contribution in [3.8, 4) is 0 Å². The van der Waals surface area contributed by atoms with Crippen LogP contribution in [0.2, 0.25) is 0 Å². The van der Waals surface area contributed by atoms with Gasteiger partial charge in [0.1, 0.15) is 0 Å². The summed E-state index contributed by atoms with van der Waals surface area (Å²) in [4.78, 5) is 11.7. The molecule has 0 saturated heterocycles. The Labute approximate surface area is 104 Å². The first-order chi connectivity index (χ1) is 8.19. The first kappa shape index (κ1) is 13.4. The van der Waals surface area contributed by atoms with Gasteiger partial charge in [0.25, 0.3) is 5.91 Å². The Balaban J connectivity index is 2.74. The minimum absolute atomic E-state index is 0.0104. The van der Waals surface area contributed by atoms with Gasteiger partial charge in [0.15, 0.2) is 5.84 Å². The monoisotopic (exact) mass is 253 g/mol. The molecule has 0 unspecified atom stereocenters. The van der Waals surface area contributed by atoms with Crippen LogP contribution >= 0.6 is 11.8 Å². The van der Waals surface area contributed by atoms with E-state index >= 15 is 0 Å². The molecule has 4 N–H and O–H groups in total. The molecule has 1 amide bonds. The second-order valence-electron chi connectivity index (χ2n) is 3.31. The molecule has 1 aromatic rings. The van der Waals surface area contributed by atoms with Crippen molar-refractivity contribution in [1.29, 1.82) is 0 Å². The number of oxime groups is 1. The van der Waals surface area contributed by atoms with Crippen molar-refractivity contribution in [1.82, 2.24) is 5.32 Å².